The molecule has 0 radical (unpaired) electrons. The Kier molecular flexibility index (Phi) is 12.0. The summed E-state index contributed by atoms with van der Waals surface area (Å²) in [4.78, 5) is 41.3. The lowest BCUT2D eigenvalue weighted by atomic mass is 9.98. The smallest absolute Gasteiger partial charge is 0.469 e. The Bertz CT molecular complexity index is 1650. The molecule has 1 fully saturated rings. The van der Waals surface area contributed by atoms with Gasteiger partial charge in [-0.2, -0.15) is 0 Å². The molecule has 250 valence electrons. The number of amides is 2. The van der Waals surface area contributed by atoms with Crippen molar-refractivity contribution >= 4 is 41.9 Å². The van der Waals surface area contributed by atoms with Gasteiger partial charge < -0.3 is 40.1 Å². The Hall–Kier alpha value is -4.26. The van der Waals surface area contributed by atoms with Gasteiger partial charge in [-0.15, -0.1) is 0 Å². The maximum atomic E-state index is 12.3. The Morgan fingerprint density at radius 2 is 1.70 bits per heavy atom. The Morgan fingerprint density at radius 1 is 0.979 bits per heavy atom. The minimum atomic E-state index is -4.42. The van der Waals surface area contributed by atoms with Crippen molar-refractivity contribution in [3.8, 4) is 11.5 Å². The van der Waals surface area contributed by atoms with Crippen molar-refractivity contribution in [3.05, 3.63) is 78.6 Å². The number of rotatable bonds is 15. The van der Waals surface area contributed by atoms with Crippen molar-refractivity contribution in [1.82, 2.24) is 14.9 Å². The first-order valence-corrected chi connectivity index (χ1v) is 17.1. The summed E-state index contributed by atoms with van der Waals surface area (Å²) in [6.07, 6.45) is 4.78. The third-order valence-corrected chi connectivity index (χ3v) is 8.42. The minimum absolute atomic E-state index is 0.0913. The number of ether oxygens (including phenoxy) is 2. The van der Waals surface area contributed by atoms with Crippen LogP contribution in [0, 0.1) is 5.92 Å². The number of urea groups is 1. The lowest BCUT2D eigenvalue weighted by Crippen LogP contribution is -2.36. The summed E-state index contributed by atoms with van der Waals surface area (Å²) in [5.74, 6) is 2.07. The fourth-order valence-corrected chi connectivity index (χ4v) is 5.83. The van der Waals surface area contributed by atoms with Crippen LogP contribution in [0.4, 0.5) is 22.0 Å². The molecule has 0 aliphatic carbocycles. The summed E-state index contributed by atoms with van der Waals surface area (Å²) in [6.45, 7) is 3.82. The number of nitrogens with zero attached hydrogens (tertiary/aromatic N) is 3. The van der Waals surface area contributed by atoms with Crippen LogP contribution < -0.4 is 25.4 Å². The summed E-state index contributed by atoms with van der Waals surface area (Å²) in [5, 5.41) is 9.88. The van der Waals surface area contributed by atoms with Gasteiger partial charge in [-0.25, -0.2) is 19.3 Å². The second-order valence-electron chi connectivity index (χ2n) is 11.3. The number of carbonyl (C=O) groups is 1. The molecule has 2 heterocycles. The first-order valence-electron chi connectivity index (χ1n) is 15.6. The van der Waals surface area contributed by atoms with Gasteiger partial charge >= 0.3 is 13.9 Å². The van der Waals surface area contributed by atoms with E-state index in [9.17, 15) is 9.36 Å². The number of piperidine rings is 1. The Balaban J connectivity index is 1.07. The van der Waals surface area contributed by atoms with Gasteiger partial charge in [-0.1, -0.05) is 30.3 Å². The molecule has 5 N–H and O–H groups in total. The van der Waals surface area contributed by atoms with E-state index in [1.807, 2.05) is 66.7 Å². The molecule has 0 atom stereocenters. The molecule has 1 aromatic heterocycles. The fraction of sp³-hybridized carbons (Fsp3) is 0.364. The molecule has 1 saturated heterocycles. The average Bonchev–Trinajstić information content (AvgIpc) is 3.07. The van der Waals surface area contributed by atoms with Crippen LogP contribution in [0.3, 0.4) is 0 Å². The number of hydrogen-bond acceptors (Lipinski definition) is 9. The van der Waals surface area contributed by atoms with Crippen LogP contribution in [0.2, 0.25) is 0 Å². The third-order valence-electron chi connectivity index (χ3n) is 7.93. The number of phosphoric ester groups is 1. The predicted molar refractivity (Wildman–Crippen MR) is 181 cm³/mol. The normalized spacial score (nSPS) is 14.1. The van der Waals surface area contributed by atoms with Gasteiger partial charge in [0.25, 0.3) is 0 Å². The van der Waals surface area contributed by atoms with Crippen molar-refractivity contribution in [2.45, 2.75) is 25.7 Å². The summed E-state index contributed by atoms with van der Waals surface area (Å²) in [5.41, 5.74) is 3.28. The highest BCUT2D eigenvalue weighted by Gasteiger charge is 2.23. The molecular formula is C33H41N6O7P. The van der Waals surface area contributed by atoms with Crippen LogP contribution in [-0.2, 0) is 15.5 Å². The van der Waals surface area contributed by atoms with Gasteiger partial charge in [0.05, 0.1) is 25.8 Å². The molecule has 3 aromatic carbocycles. The lowest BCUT2D eigenvalue weighted by molar-refractivity contribution is 0.114. The highest BCUT2D eigenvalue weighted by molar-refractivity contribution is 7.46. The quantitative estimate of drug-likeness (QED) is 0.0801. The van der Waals surface area contributed by atoms with E-state index in [0.29, 0.717) is 36.2 Å². The molecule has 5 rings (SSSR count). The molecule has 0 saturated carbocycles. The van der Waals surface area contributed by atoms with Crippen LogP contribution in [0.25, 0.3) is 10.9 Å². The number of carbonyl (C=O) groups excluding carboxylic acids is 1. The second-order valence-corrected chi connectivity index (χ2v) is 12.6. The summed E-state index contributed by atoms with van der Waals surface area (Å²) in [7, 11) is -2.81. The maximum absolute atomic E-state index is 12.3. The van der Waals surface area contributed by atoms with Crippen molar-refractivity contribution in [1.29, 1.82) is 0 Å². The van der Waals surface area contributed by atoms with Crippen LogP contribution in [-0.4, -0.2) is 77.2 Å². The molecular weight excluding hydrogens is 623 g/mol. The number of hydrogen-bond donors (Lipinski definition) is 5. The summed E-state index contributed by atoms with van der Waals surface area (Å²) >= 11 is 0. The zero-order chi connectivity index (χ0) is 33.1. The van der Waals surface area contributed by atoms with Gasteiger partial charge in [0.2, 0.25) is 0 Å². The van der Waals surface area contributed by atoms with E-state index in [2.05, 4.69) is 35.3 Å². The number of anilines is 3. The standard InChI is InChI=1S/C33H41N6O7P/c1-44-30-20-28-29(21-31(30)45-19-5-16-39-17-13-25(14-18-39)22-46-47(41,42)43)35-23-36-32(28)34-15-12-24-8-10-27(11-9-24)38-33(40)37-26-6-3-2-4-7-26/h2-4,6-11,20-21,23,25H,5,12-19,22H2,1H3,(H,34,35,36)(H2,37,38,40)(H2,41,42,43). The number of aromatic nitrogens is 2. The van der Waals surface area contributed by atoms with Gasteiger partial charge in [-0.3, -0.25) is 4.52 Å². The van der Waals surface area contributed by atoms with Crippen LogP contribution >= 0.6 is 7.82 Å². The first kappa shape index (κ1) is 34.1. The van der Waals surface area contributed by atoms with E-state index in [0.717, 1.165) is 67.5 Å². The number of nitrogens with one attached hydrogen (secondary N) is 3. The lowest BCUT2D eigenvalue weighted by Gasteiger charge is -2.31. The van der Waals surface area contributed by atoms with Crippen molar-refractivity contribution in [2.75, 3.05) is 62.5 Å². The third kappa shape index (κ3) is 10.6. The predicted octanol–water partition coefficient (Wildman–Crippen LogP) is 5.53. The number of phosphoric acid groups is 1. The topological polar surface area (TPSA) is 167 Å². The molecule has 14 heteroatoms. The number of para-hydroxylation sites is 1. The van der Waals surface area contributed by atoms with Crippen LogP contribution in [0.1, 0.15) is 24.8 Å². The Labute approximate surface area is 273 Å². The highest BCUT2D eigenvalue weighted by Crippen LogP contribution is 2.37. The molecule has 1 aliphatic heterocycles. The number of methoxy groups -OCH3 is 1. The van der Waals surface area contributed by atoms with Crippen molar-refractivity contribution in [2.24, 2.45) is 5.92 Å². The molecule has 2 amide bonds. The van der Waals surface area contributed by atoms with E-state index in [1.165, 1.54) is 6.33 Å². The van der Waals surface area contributed by atoms with Crippen LogP contribution in [0.5, 0.6) is 11.5 Å². The zero-order valence-electron chi connectivity index (χ0n) is 26.3. The SMILES string of the molecule is COc1cc2c(NCCc3ccc(NC(=O)Nc4ccccc4)cc3)ncnc2cc1OCCCN1CCC(COP(=O)(O)O)CC1. The highest BCUT2D eigenvalue weighted by atomic mass is 31.2. The van der Waals surface area contributed by atoms with Crippen molar-refractivity contribution < 1.29 is 33.1 Å². The molecule has 0 bridgehead atoms. The number of benzene rings is 3. The molecule has 1 aliphatic rings. The van der Waals surface area contributed by atoms with Crippen LogP contribution in [0.15, 0.2) is 73.1 Å². The molecule has 0 spiro atoms. The van der Waals surface area contributed by atoms with Gasteiger partial charge in [0.1, 0.15) is 12.1 Å². The second kappa shape index (κ2) is 16.5. The van der Waals surface area contributed by atoms with Crippen molar-refractivity contribution in [3.63, 3.8) is 0 Å². The minimum Gasteiger partial charge on any atom is -0.493 e. The average molecular weight is 665 g/mol. The Morgan fingerprint density at radius 3 is 2.40 bits per heavy atom. The zero-order valence-corrected chi connectivity index (χ0v) is 27.2. The molecule has 13 nitrogen and oxygen atoms in total. The molecule has 4 aromatic rings. The monoisotopic (exact) mass is 664 g/mol. The molecule has 47 heavy (non-hydrogen) atoms. The van der Waals surface area contributed by atoms with Gasteiger partial charge in [0, 0.05) is 35.9 Å². The summed E-state index contributed by atoms with van der Waals surface area (Å²) in [6, 6.07) is 20.5. The maximum Gasteiger partial charge on any atom is 0.469 e. The largest absolute Gasteiger partial charge is 0.493 e. The van der Waals surface area contributed by atoms with E-state index in [1.54, 1.807) is 7.11 Å². The fourth-order valence-electron chi connectivity index (χ4n) is 5.42. The summed E-state index contributed by atoms with van der Waals surface area (Å²) < 4.78 is 27.3. The molecule has 0 unspecified atom stereocenters. The van der Waals surface area contributed by atoms with Gasteiger partial charge in [-0.05, 0) is 80.6 Å². The van der Waals surface area contributed by atoms with E-state index in [4.69, 9.17) is 19.3 Å². The van der Waals surface area contributed by atoms with E-state index < -0.39 is 7.82 Å². The first-order chi connectivity index (χ1) is 22.8. The van der Waals surface area contributed by atoms with E-state index in [-0.39, 0.29) is 18.6 Å². The number of fused-ring (bicyclic) bond motifs is 1. The number of likely N-dealkylation sites (tertiary alicyclic amines) is 1. The van der Waals surface area contributed by atoms with Gasteiger partial charge in [0.15, 0.2) is 11.5 Å². The van der Waals surface area contributed by atoms with E-state index >= 15 is 0 Å².